The average molecular weight is 349 g/mol. The van der Waals surface area contributed by atoms with Gasteiger partial charge in [-0.1, -0.05) is 6.07 Å². The molecule has 1 fully saturated rings. The van der Waals surface area contributed by atoms with E-state index in [2.05, 4.69) is 0 Å². The molecule has 2 aliphatic rings. The largest absolute Gasteiger partial charge is 0.366 e. The van der Waals surface area contributed by atoms with Crippen molar-refractivity contribution in [1.29, 1.82) is 5.26 Å². The fourth-order valence-electron chi connectivity index (χ4n) is 3.31. The van der Waals surface area contributed by atoms with E-state index in [1.54, 1.807) is 24.3 Å². The monoisotopic (exact) mass is 349 g/mol. The molecule has 6 heteroatoms. The lowest BCUT2D eigenvalue weighted by molar-refractivity contribution is -0.120. The Balaban J connectivity index is 1.79. The van der Waals surface area contributed by atoms with E-state index in [9.17, 15) is 9.59 Å². The van der Waals surface area contributed by atoms with Gasteiger partial charge in [0.25, 0.3) is 11.8 Å². The summed E-state index contributed by atoms with van der Waals surface area (Å²) in [4.78, 5) is 30.3. The normalized spacial score (nSPS) is 17.6. The number of thiophene rings is 1. The standard InChI is InChI=1S/C19H15N3O2S/c20-12-13-5-7-14(8-6-13)22-18(23)16(15-4-3-11-25-15)17(19(22)24)21-9-1-2-10-21/h3-8,11H,1-2,9-10H2. The highest BCUT2D eigenvalue weighted by Gasteiger charge is 2.43. The third-order valence-electron chi connectivity index (χ3n) is 4.50. The van der Waals surface area contributed by atoms with Crippen molar-refractivity contribution in [2.75, 3.05) is 18.0 Å². The molecule has 0 unspecified atom stereocenters. The minimum absolute atomic E-state index is 0.278. The van der Waals surface area contributed by atoms with Crippen molar-refractivity contribution >= 4 is 34.4 Å². The van der Waals surface area contributed by atoms with Crippen molar-refractivity contribution < 1.29 is 9.59 Å². The highest BCUT2D eigenvalue weighted by molar-refractivity contribution is 7.11. The van der Waals surface area contributed by atoms with Crippen molar-refractivity contribution in [2.24, 2.45) is 0 Å². The Kier molecular flexibility index (Phi) is 3.86. The first-order valence-corrected chi connectivity index (χ1v) is 9.00. The van der Waals surface area contributed by atoms with E-state index < -0.39 is 0 Å². The van der Waals surface area contributed by atoms with Crippen LogP contribution in [0, 0.1) is 11.3 Å². The fraction of sp³-hybridized carbons (Fsp3) is 0.211. The number of benzene rings is 1. The molecule has 1 saturated heterocycles. The molecule has 0 atom stereocenters. The van der Waals surface area contributed by atoms with Gasteiger partial charge in [0.15, 0.2) is 0 Å². The maximum Gasteiger partial charge on any atom is 0.282 e. The van der Waals surface area contributed by atoms with Crippen LogP contribution in [0.4, 0.5) is 5.69 Å². The lowest BCUT2D eigenvalue weighted by atomic mass is 10.1. The highest BCUT2D eigenvalue weighted by atomic mass is 32.1. The fourth-order valence-corrected chi connectivity index (χ4v) is 4.08. The van der Waals surface area contributed by atoms with E-state index in [-0.39, 0.29) is 11.8 Å². The Bertz CT molecular complexity index is 901. The first-order chi connectivity index (χ1) is 12.2. The number of hydrogen-bond acceptors (Lipinski definition) is 5. The molecule has 4 rings (SSSR count). The molecule has 1 aromatic heterocycles. The minimum Gasteiger partial charge on any atom is -0.366 e. The van der Waals surface area contributed by atoms with Gasteiger partial charge in [0.2, 0.25) is 0 Å². The van der Waals surface area contributed by atoms with Crippen LogP contribution in [0.5, 0.6) is 0 Å². The summed E-state index contributed by atoms with van der Waals surface area (Å²) in [5.74, 6) is -0.570. The Morgan fingerprint density at radius 2 is 1.72 bits per heavy atom. The van der Waals surface area contributed by atoms with E-state index >= 15 is 0 Å². The molecule has 124 valence electrons. The van der Waals surface area contributed by atoms with Gasteiger partial charge in [-0.15, -0.1) is 11.3 Å². The molecule has 0 spiro atoms. The molecular weight excluding hydrogens is 334 g/mol. The van der Waals surface area contributed by atoms with E-state index in [4.69, 9.17) is 5.26 Å². The smallest absolute Gasteiger partial charge is 0.282 e. The van der Waals surface area contributed by atoms with Crippen molar-refractivity contribution in [1.82, 2.24) is 4.90 Å². The third-order valence-corrected chi connectivity index (χ3v) is 5.39. The van der Waals surface area contributed by atoms with Gasteiger partial charge in [0, 0.05) is 18.0 Å². The van der Waals surface area contributed by atoms with Crippen LogP contribution in [-0.4, -0.2) is 29.8 Å². The van der Waals surface area contributed by atoms with Gasteiger partial charge in [-0.05, 0) is 48.6 Å². The SMILES string of the molecule is N#Cc1ccc(N2C(=O)C(c3cccs3)=C(N3CCCC3)C2=O)cc1. The summed E-state index contributed by atoms with van der Waals surface area (Å²) in [5.41, 5.74) is 1.99. The van der Waals surface area contributed by atoms with Crippen LogP contribution in [0.25, 0.3) is 5.57 Å². The third kappa shape index (κ3) is 2.53. The predicted octanol–water partition coefficient (Wildman–Crippen LogP) is 3.00. The summed E-state index contributed by atoms with van der Waals surface area (Å²) in [6.45, 7) is 1.59. The second-order valence-electron chi connectivity index (χ2n) is 6.00. The molecule has 0 saturated carbocycles. The summed E-state index contributed by atoms with van der Waals surface area (Å²) < 4.78 is 0. The summed E-state index contributed by atoms with van der Waals surface area (Å²) in [5, 5.41) is 10.8. The van der Waals surface area contributed by atoms with Gasteiger partial charge in [-0.2, -0.15) is 5.26 Å². The topological polar surface area (TPSA) is 64.4 Å². The van der Waals surface area contributed by atoms with Gasteiger partial charge in [-0.25, -0.2) is 4.90 Å². The number of hydrogen-bond donors (Lipinski definition) is 0. The highest BCUT2D eigenvalue weighted by Crippen LogP contribution is 2.37. The molecule has 0 bridgehead atoms. The van der Waals surface area contributed by atoms with Crippen LogP contribution in [0.15, 0.2) is 47.5 Å². The van der Waals surface area contributed by atoms with Crippen molar-refractivity contribution in [3.05, 3.63) is 57.9 Å². The van der Waals surface area contributed by atoms with Gasteiger partial charge in [0.1, 0.15) is 5.70 Å². The molecule has 2 aromatic rings. The minimum atomic E-state index is -0.293. The number of carbonyl (C=O) groups excluding carboxylic acids is 2. The maximum atomic E-state index is 13.1. The zero-order chi connectivity index (χ0) is 17.4. The lowest BCUT2D eigenvalue weighted by Crippen LogP contribution is -2.34. The molecule has 25 heavy (non-hydrogen) atoms. The van der Waals surface area contributed by atoms with Crippen LogP contribution < -0.4 is 4.90 Å². The molecule has 3 heterocycles. The van der Waals surface area contributed by atoms with Crippen LogP contribution >= 0.6 is 11.3 Å². The summed E-state index contributed by atoms with van der Waals surface area (Å²) >= 11 is 1.46. The lowest BCUT2D eigenvalue weighted by Gasteiger charge is -2.20. The number of imide groups is 1. The number of amides is 2. The average Bonchev–Trinajstić information content (AvgIpc) is 3.36. The summed E-state index contributed by atoms with van der Waals surface area (Å²) in [6.07, 6.45) is 2.05. The van der Waals surface area contributed by atoms with Crippen molar-refractivity contribution in [3.8, 4) is 6.07 Å². The number of carbonyl (C=O) groups is 2. The first-order valence-electron chi connectivity index (χ1n) is 8.13. The van der Waals surface area contributed by atoms with Gasteiger partial charge in [0.05, 0.1) is 22.9 Å². The molecule has 2 aliphatic heterocycles. The van der Waals surface area contributed by atoms with Gasteiger partial charge >= 0.3 is 0 Å². The zero-order valence-corrected chi connectivity index (χ0v) is 14.3. The maximum absolute atomic E-state index is 13.1. The molecule has 1 aromatic carbocycles. The second kappa shape index (κ2) is 6.19. The van der Waals surface area contributed by atoms with Crippen LogP contribution in [-0.2, 0) is 9.59 Å². The van der Waals surface area contributed by atoms with Crippen LogP contribution in [0.1, 0.15) is 23.3 Å². The van der Waals surface area contributed by atoms with Crippen molar-refractivity contribution in [3.63, 3.8) is 0 Å². The quantitative estimate of drug-likeness (QED) is 0.799. The van der Waals surface area contributed by atoms with Gasteiger partial charge < -0.3 is 4.90 Å². The molecule has 0 radical (unpaired) electrons. The number of rotatable bonds is 3. The van der Waals surface area contributed by atoms with Gasteiger partial charge in [-0.3, -0.25) is 9.59 Å². The molecule has 0 N–H and O–H groups in total. The number of nitriles is 1. The van der Waals surface area contributed by atoms with E-state index in [1.807, 2.05) is 28.5 Å². The number of anilines is 1. The van der Waals surface area contributed by atoms with Crippen molar-refractivity contribution in [2.45, 2.75) is 12.8 Å². The van der Waals surface area contributed by atoms with E-state index in [0.717, 1.165) is 30.8 Å². The summed E-state index contributed by atoms with van der Waals surface area (Å²) in [7, 11) is 0. The Hall–Kier alpha value is -2.91. The Morgan fingerprint density at radius 1 is 1.00 bits per heavy atom. The van der Waals surface area contributed by atoms with Crippen LogP contribution in [0.3, 0.4) is 0 Å². The molecule has 5 nitrogen and oxygen atoms in total. The van der Waals surface area contributed by atoms with E-state index in [1.165, 1.54) is 16.2 Å². The van der Waals surface area contributed by atoms with E-state index in [0.29, 0.717) is 22.5 Å². The Morgan fingerprint density at radius 3 is 2.32 bits per heavy atom. The first kappa shape index (κ1) is 15.6. The summed E-state index contributed by atoms with van der Waals surface area (Å²) in [6, 6.07) is 12.3. The van der Waals surface area contributed by atoms with Crippen LogP contribution in [0.2, 0.25) is 0 Å². The number of likely N-dealkylation sites (tertiary alicyclic amines) is 1. The second-order valence-corrected chi connectivity index (χ2v) is 6.95. The predicted molar refractivity (Wildman–Crippen MR) is 95.7 cm³/mol. The Labute approximate surface area is 149 Å². The molecular formula is C19H15N3O2S. The molecule has 0 aliphatic carbocycles. The molecule has 2 amide bonds. The number of nitrogens with zero attached hydrogens (tertiary/aromatic N) is 3. The zero-order valence-electron chi connectivity index (χ0n) is 13.4.